The van der Waals surface area contributed by atoms with Crippen molar-refractivity contribution in [3.05, 3.63) is 65.2 Å². The second-order valence-electron chi connectivity index (χ2n) is 5.64. The van der Waals surface area contributed by atoms with Crippen LogP contribution >= 0.6 is 0 Å². The number of nitrogens with zero attached hydrogens (tertiary/aromatic N) is 2. The number of aryl methyl sites for hydroxylation is 1. The van der Waals surface area contributed by atoms with Gasteiger partial charge in [0.25, 0.3) is 0 Å². The zero-order chi connectivity index (χ0) is 16.2. The largest absolute Gasteiger partial charge is 0.381 e. The van der Waals surface area contributed by atoms with Crippen molar-refractivity contribution < 1.29 is 9.13 Å². The van der Waals surface area contributed by atoms with Crippen LogP contribution in [-0.2, 0) is 17.7 Å². The minimum atomic E-state index is -0.232. The minimum Gasteiger partial charge on any atom is -0.381 e. The highest BCUT2D eigenvalue weighted by atomic mass is 19.1. The third-order valence-electron chi connectivity index (χ3n) is 4.00. The molecule has 2 aromatic carbocycles. The Balaban J connectivity index is 1.79. The molecular weight excluding hydrogens is 291 g/mol. The maximum Gasteiger partial charge on any atom is 0.125 e. The van der Waals surface area contributed by atoms with Gasteiger partial charge >= 0.3 is 0 Å². The smallest absolute Gasteiger partial charge is 0.125 e. The number of benzene rings is 2. The first-order chi connectivity index (χ1) is 11.2. The van der Waals surface area contributed by atoms with Crippen LogP contribution in [0.5, 0.6) is 0 Å². The molecule has 0 saturated heterocycles. The number of hydrogen-bond acceptors (Lipinski definition) is 2. The van der Waals surface area contributed by atoms with Gasteiger partial charge in [-0.2, -0.15) is 0 Å². The normalized spacial score (nSPS) is 11.3. The van der Waals surface area contributed by atoms with Crippen LogP contribution in [0.15, 0.2) is 42.5 Å². The van der Waals surface area contributed by atoms with E-state index in [2.05, 4.69) is 29.2 Å². The van der Waals surface area contributed by atoms with Crippen molar-refractivity contribution in [3.8, 4) is 0 Å². The van der Waals surface area contributed by atoms with E-state index < -0.39 is 0 Å². The van der Waals surface area contributed by atoms with Crippen LogP contribution < -0.4 is 0 Å². The lowest BCUT2D eigenvalue weighted by Gasteiger charge is -2.08. The van der Waals surface area contributed by atoms with Crippen LogP contribution in [0.2, 0.25) is 0 Å². The molecule has 0 saturated carbocycles. The zero-order valence-electron chi connectivity index (χ0n) is 13.6. The maximum atomic E-state index is 13.5. The van der Waals surface area contributed by atoms with Crippen LogP contribution in [0.1, 0.15) is 23.9 Å². The first-order valence-corrected chi connectivity index (χ1v) is 7.95. The molecule has 3 aromatic rings. The Morgan fingerprint density at radius 1 is 1.09 bits per heavy atom. The Labute approximate surface area is 135 Å². The molecule has 0 aliphatic carbocycles. The summed E-state index contributed by atoms with van der Waals surface area (Å²) in [6.07, 6.45) is 0.923. The Bertz CT molecular complexity index is 793. The van der Waals surface area contributed by atoms with E-state index in [-0.39, 0.29) is 5.82 Å². The van der Waals surface area contributed by atoms with Crippen LogP contribution in [0.25, 0.3) is 11.0 Å². The van der Waals surface area contributed by atoms with Gasteiger partial charge in [0, 0.05) is 13.2 Å². The number of fused-ring (bicyclic) bond motifs is 1. The molecule has 1 heterocycles. The number of hydrogen-bond donors (Lipinski definition) is 0. The van der Waals surface area contributed by atoms with Gasteiger partial charge in [0.1, 0.15) is 11.6 Å². The predicted molar refractivity (Wildman–Crippen MR) is 90.2 cm³/mol. The summed E-state index contributed by atoms with van der Waals surface area (Å²) >= 11 is 0. The summed E-state index contributed by atoms with van der Waals surface area (Å²) in [5.74, 6) is 0.663. The van der Waals surface area contributed by atoms with Gasteiger partial charge in [0.15, 0.2) is 0 Å². The van der Waals surface area contributed by atoms with Gasteiger partial charge in [-0.05, 0) is 49.6 Å². The molecule has 0 aliphatic heterocycles. The minimum absolute atomic E-state index is 0.232. The Morgan fingerprint density at radius 2 is 1.83 bits per heavy atom. The van der Waals surface area contributed by atoms with E-state index in [1.54, 1.807) is 12.1 Å². The summed E-state index contributed by atoms with van der Waals surface area (Å²) in [5, 5.41) is 0. The van der Waals surface area contributed by atoms with Crippen molar-refractivity contribution in [1.82, 2.24) is 9.55 Å². The molecule has 3 nitrogen and oxygen atoms in total. The van der Waals surface area contributed by atoms with E-state index in [4.69, 9.17) is 4.74 Å². The molecule has 0 bridgehead atoms. The molecule has 0 aliphatic rings. The lowest BCUT2D eigenvalue weighted by atomic mass is 10.1. The van der Waals surface area contributed by atoms with Gasteiger partial charge in [0.2, 0.25) is 0 Å². The van der Waals surface area contributed by atoms with Gasteiger partial charge in [-0.1, -0.05) is 24.3 Å². The van der Waals surface area contributed by atoms with Gasteiger partial charge in [-0.3, -0.25) is 0 Å². The third-order valence-corrected chi connectivity index (χ3v) is 4.00. The highest BCUT2D eigenvalue weighted by molar-refractivity contribution is 5.76. The SMILES string of the molecule is CCOCCc1ccc(Cn2c(C)nc3ccc(F)cc32)cc1. The predicted octanol–water partition coefficient (Wildman–Crippen LogP) is 4.11. The zero-order valence-corrected chi connectivity index (χ0v) is 13.6. The molecule has 0 radical (unpaired) electrons. The second-order valence-corrected chi connectivity index (χ2v) is 5.64. The molecule has 1 aromatic heterocycles. The molecule has 0 spiro atoms. The van der Waals surface area contributed by atoms with Crippen LogP contribution in [0.4, 0.5) is 4.39 Å². The summed E-state index contributed by atoms with van der Waals surface area (Å²) in [6.45, 7) is 6.15. The van der Waals surface area contributed by atoms with Gasteiger partial charge in [0.05, 0.1) is 17.6 Å². The second kappa shape index (κ2) is 6.92. The fourth-order valence-corrected chi connectivity index (χ4v) is 2.74. The van der Waals surface area contributed by atoms with Gasteiger partial charge in [-0.15, -0.1) is 0 Å². The van der Waals surface area contributed by atoms with Gasteiger partial charge < -0.3 is 9.30 Å². The average Bonchev–Trinajstić information content (AvgIpc) is 2.85. The third kappa shape index (κ3) is 3.59. The van der Waals surface area contributed by atoms with Crippen molar-refractivity contribution in [2.24, 2.45) is 0 Å². The molecule has 4 heteroatoms. The summed E-state index contributed by atoms with van der Waals surface area (Å²) < 4.78 is 20.9. The lowest BCUT2D eigenvalue weighted by Crippen LogP contribution is -2.03. The highest BCUT2D eigenvalue weighted by Crippen LogP contribution is 2.19. The quantitative estimate of drug-likeness (QED) is 0.640. The topological polar surface area (TPSA) is 27.1 Å². The molecule has 0 unspecified atom stereocenters. The van der Waals surface area contributed by atoms with Gasteiger partial charge in [-0.25, -0.2) is 9.37 Å². The van der Waals surface area contributed by atoms with Crippen molar-refractivity contribution in [1.29, 1.82) is 0 Å². The number of imidazole rings is 1. The van der Waals surface area contributed by atoms with E-state index in [9.17, 15) is 4.39 Å². The van der Waals surface area contributed by atoms with E-state index in [0.29, 0.717) is 6.54 Å². The van der Waals surface area contributed by atoms with E-state index in [0.717, 1.165) is 36.5 Å². The summed E-state index contributed by atoms with van der Waals surface area (Å²) in [7, 11) is 0. The fraction of sp³-hybridized carbons (Fsp3) is 0.316. The number of aromatic nitrogens is 2. The van der Waals surface area contributed by atoms with Crippen LogP contribution in [0, 0.1) is 12.7 Å². The Morgan fingerprint density at radius 3 is 2.57 bits per heavy atom. The van der Waals surface area contributed by atoms with Crippen molar-refractivity contribution in [2.45, 2.75) is 26.8 Å². The Kier molecular flexibility index (Phi) is 4.72. The molecule has 0 fully saturated rings. The first kappa shape index (κ1) is 15.7. The molecule has 3 rings (SSSR count). The molecule has 0 amide bonds. The van der Waals surface area contributed by atoms with Crippen molar-refractivity contribution >= 4 is 11.0 Å². The van der Waals surface area contributed by atoms with E-state index >= 15 is 0 Å². The molecule has 0 N–H and O–H groups in total. The number of halogens is 1. The monoisotopic (exact) mass is 312 g/mol. The van der Waals surface area contributed by atoms with E-state index in [1.165, 1.54) is 17.2 Å². The van der Waals surface area contributed by atoms with Crippen molar-refractivity contribution in [2.75, 3.05) is 13.2 Å². The molecule has 0 atom stereocenters. The summed E-state index contributed by atoms with van der Waals surface area (Å²) in [5.41, 5.74) is 4.11. The maximum absolute atomic E-state index is 13.5. The molecule has 120 valence electrons. The fourth-order valence-electron chi connectivity index (χ4n) is 2.74. The van der Waals surface area contributed by atoms with Crippen molar-refractivity contribution in [3.63, 3.8) is 0 Å². The standard InChI is InChI=1S/C19H21FN2O/c1-3-23-11-10-15-4-6-16(7-5-15)13-22-14(2)21-18-9-8-17(20)12-19(18)22/h4-9,12H,3,10-11,13H2,1-2H3. The lowest BCUT2D eigenvalue weighted by molar-refractivity contribution is 0.151. The first-order valence-electron chi connectivity index (χ1n) is 7.95. The summed E-state index contributed by atoms with van der Waals surface area (Å²) in [4.78, 5) is 4.50. The van der Waals surface area contributed by atoms with Crippen LogP contribution in [0.3, 0.4) is 0 Å². The highest BCUT2D eigenvalue weighted by Gasteiger charge is 2.09. The average molecular weight is 312 g/mol. The van der Waals surface area contributed by atoms with E-state index in [1.807, 2.05) is 18.4 Å². The molecular formula is C19H21FN2O. The number of rotatable bonds is 6. The Hall–Kier alpha value is -2.20. The van der Waals surface area contributed by atoms with Crippen LogP contribution in [-0.4, -0.2) is 22.8 Å². The molecule has 23 heavy (non-hydrogen) atoms. The summed E-state index contributed by atoms with van der Waals surface area (Å²) in [6, 6.07) is 13.2. The number of ether oxygens (including phenoxy) is 1.